The number of nitrogens with one attached hydrogen (secondary N) is 1. The van der Waals surface area contributed by atoms with Crippen LogP contribution in [-0.2, 0) is 30.3 Å². The van der Waals surface area contributed by atoms with Crippen molar-refractivity contribution in [3.05, 3.63) is 11.9 Å². The zero-order chi connectivity index (χ0) is 29.5. The Morgan fingerprint density at radius 1 is 0.929 bits per heavy atom. The Morgan fingerprint density at radius 2 is 1.69 bits per heavy atom. The second-order valence-electron chi connectivity index (χ2n) is 12.7. The van der Waals surface area contributed by atoms with Crippen molar-refractivity contribution in [3.63, 3.8) is 0 Å². The predicted octanol–water partition coefficient (Wildman–Crippen LogP) is 1.41. The van der Waals surface area contributed by atoms with Gasteiger partial charge in [0.2, 0.25) is 17.7 Å². The molecule has 12 heteroatoms. The molecule has 0 bridgehead atoms. The van der Waals surface area contributed by atoms with E-state index in [0.717, 1.165) is 38.0 Å². The highest BCUT2D eigenvalue weighted by Gasteiger charge is 2.42. The SMILES string of the molecule is CC(C)N1CCC(N2CC(=O)N3C[C@@H](n4cc(CC5CCCCC5)nn4)C[C@H]3C(=O)NCCOCCOCC2=O)CC1. The molecular formula is C30H49N7O5. The van der Waals surface area contributed by atoms with Crippen LogP contribution in [-0.4, -0.2) is 125 Å². The molecule has 1 aliphatic carbocycles. The summed E-state index contributed by atoms with van der Waals surface area (Å²) in [6.07, 6.45) is 11.3. The maximum absolute atomic E-state index is 13.9. The summed E-state index contributed by atoms with van der Waals surface area (Å²) >= 11 is 0. The molecule has 0 radical (unpaired) electrons. The van der Waals surface area contributed by atoms with E-state index in [1.807, 2.05) is 10.9 Å². The highest BCUT2D eigenvalue weighted by atomic mass is 16.5. The van der Waals surface area contributed by atoms with Crippen molar-refractivity contribution in [2.75, 3.05) is 59.2 Å². The van der Waals surface area contributed by atoms with Crippen LogP contribution in [0.3, 0.4) is 0 Å². The fraction of sp³-hybridized carbons (Fsp3) is 0.833. The first-order valence-corrected chi connectivity index (χ1v) is 16.1. The van der Waals surface area contributed by atoms with Crippen LogP contribution in [0.1, 0.15) is 76.9 Å². The van der Waals surface area contributed by atoms with Crippen LogP contribution in [0.15, 0.2) is 6.20 Å². The number of carbonyl (C=O) groups is 3. The number of nitrogens with zero attached hydrogens (tertiary/aromatic N) is 6. The van der Waals surface area contributed by atoms with E-state index in [0.29, 0.717) is 44.7 Å². The molecule has 4 heterocycles. The van der Waals surface area contributed by atoms with Crippen LogP contribution in [0, 0.1) is 5.92 Å². The van der Waals surface area contributed by atoms with Gasteiger partial charge < -0.3 is 29.5 Å². The van der Waals surface area contributed by atoms with E-state index in [2.05, 4.69) is 34.4 Å². The summed E-state index contributed by atoms with van der Waals surface area (Å²) in [7, 11) is 0. The molecule has 3 amide bonds. The summed E-state index contributed by atoms with van der Waals surface area (Å²) in [5.41, 5.74) is 0.976. The van der Waals surface area contributed by atoms with Gasteiger partial charge in [0, 0.05) is 50.9 Å². The monoisotopic (exact) mass is 587 g/mol. The first-order valence-electron chi connectivity index (χ1n) is 16.1. The summed E-state index contributed by atoms with van der Waals surface area (Å²) in [6, 6.07) is -0.408. The van der Waals surface area contributed by atoms with E-state index in [9.17, 15) is 14.4 Å². The molecule has 0 spiro atoms. The summed E-state index contributed by atoms with van der Waals surface area (Å²) in [5, 5.41) is 11.8. The normalized spacial score (nSPS) is 27.2. The van der Waals surface area contributed by atoms with Crippen LogP contribution in [0.5, 0.6) is 0 Å². The van der Waals surface area contributed by atoms with E-state index >= 15 is 0 Å². The first kappa shape index (κ1) is 30.9. The third-order valence-corrected chi connectivity index (χ3v) is 9.50. The van der Waals surface area contributed by atoms with Gasteiger partial charge in [0.25, 0.3) is 0 Å². The highest BCUT2D eigenvalue weighted by Crippen LogP contribution is 2.30. The number of amides is 3. The molecular weight excluding hydrogens is 538 g/mol. The zero-order valence-corrected chi connectivity index (χ0v) is 25.4. The van der Waals surface area contributed by atoms with E-state index in [-0.39, 0.29) is 49.6 Å². The number of hydrogen-bond acceptors (Lipinski definition) is 8. The molecule has 1 aromatic rings. The molecule has 2 atom stereocenters. The average molecular weight is 588 g/mol. The molecule has 1 saturated carbocycles. The van der Waals surface area contributed by atoms with Crippen molar-refractivity contribution in [2.24, 2.45) is 5.92 Å². The summed E-state index contributed by atoms with van der Waals surface area (Å²) < 4.78 is 13.0. The van der Waals surface area contributed by atoms with Crippen LogP contribution >= 0.6 is 0 Å². The molecule has 0 aromatic carbocycles. The molecule has 4 fully saturated rings. The van der Waals surface area contributed by atoms with Gasteiger partial charge >= 0.3 is 0 Å². The number of carbonyl (C=O) groups excluding carboxylic acids is 3. The van der Waals surface area contributed by atoms with E-state index in [1.165, 1.54) is 32.1 Å². The number of aromatic nitrogens is 3. The van der Waals surface area contributed by atoms with Gasteiger partial charge in [-0.05, 0) is 39.0 Å². The van der Waals surface area contributed by atoms with Gasteiger partial charge in [-0.1, -0.05) is 37.3 Å². The topological polar surface area (TPSA) is 122 Å². The largest absolute Gasteiger partial charge is 0.377 e. The molecule has 4 aliphatic rings. The lowest BCUT2D eigenvalue weighted by Gasteiger charge is -2.40. The summed E-state index contributed by atoms with van der Waals surface area (Å²) in [4.78, 5) is 46.4. The third kappa shape index (κ3) is 7.87. The minimum atomic E-state index is -0.644. The molecule has 42 heavy (non-hydrogen) atoms. The quantitative estimate of drug-likeness (QED) is 0.549. The molecule has 12 nitrogen and oxygen atoms in total. The Labute approximate surface area is 249 Å². The maximum atomic E-state index is 13.9. The molecule has 3 saturated heterocycles. The standard InChI is InChI=1S/C30H49N7O5/c1-22(2)34-11-8-25(9-12-34)35-20-28(38)36-19-26(37-18-24(32-33-37)16-23-6-4-3-5-7-23)17-27(36)30(40)31-10-13-41-14-15-42-21-29(35)39/h18,22-23,25-27H,3-17,19-21H2,1-2H3,(H,31,40)/t26-,27-/m0/s1. The average Bonchev–Trinajstić information content (AvgIpc) is 3.65. The highest BCUT2D eigenvalue weighted by molar-refractivity contribution is 5.91. The minimum absolute atomic E-state index is 0.0460. The fourth-order valence-electron chi connectivity index (χ4n) is 7.00. The van der Waals surface area contributed by atoms with Crippen molar-refractivity contribution in [1.29, 1.82) is 0 Å². The first-order chi connectivity index (χ1) is 20.4. The van der Waals surface area contributed by atoms with Crippen molar-refractivity contribution in [3.8, 4) is 0 Å². The third-order valence-electron chi connectivity index (χ3n) is 9.50. The van der Waals surface area contributed by atoms with Gasteiger partial charge in [-0.2, -0.15) is 0 Å². The van der Waals surface area contributed by atoms with Gasteiger partial charge in [0.1, 0.15) is 19.2 Å². The molecule has 0 unspecified atom stereocenters. The van der Waals surface area contributed by atoms with Gasteiger partial charge in [-0.15, -0.1) is 5.10 Å². The van der Waals surface area contributed by atoms with Gasteiger partial charge in [0.05, 0.1) is 31.6 Å². The zero-order valence-electron chi connectivity index (χ0n) is 25.4. The number of likely N-dealkylation sites (tertiary alicyclic amines) is 1. The molecule has 1 N–H and O–H groups in total. The van der Waals surface area contributed by atoms with Crippen LogP contribution < -0.4 is 5.32 Å². The van der Waals surface area contributed by atoms with Crippen LogP contribution in [0.25, 0.3) is 0 Å². The van der Waals surface area contributed by atoms with Crippen molar-refractivity contribution >= 4 is 17.7 Å². The van der Waals surface area contributed by atoms with Gasteiger partial charge in [-0.3, -0.25) is 14.4 Å². The van der Waals surface area contributed by atoms with Crippen molar-refractivity contribution in [1.82, 2.24) is 35.0 Å². The van der Waals surface area contributed by atoms with Crippen molar-refractivity contribution < 1.29 is 23.9 Å². The second kappa shape index (κ2) is 14.7. The Kier molecular flexibility index (Phi) is 10.8. The Bertz CT molecular complexity index is 1050. The molecule has 3 aliphatic heterocycles. The van der Waals surface area contributed by atoms with E-state index in [1.54, 1.807) is 9.80 Å². The van der Waals surface area contributed by atoms with Gasteiger partial charge in [-0.25, -0.2) is 4.68 Å². The smallest absolute Gasteiger partial charge is 0.249 e. The number of rotatable bonds is 5. The summed E-state index contributed by atoms with van der Waals surface area (Å²) in [5.74, 6) is 0.0387. The van der Waals surface area contributed by atoms with Crippen molar-refractivity contribution in [2.45, 2.75) is 95.8 Å². The fourth-order valence-corrected chi connectivity index (χ4v) is 7.00. The van der Waals surface area contributed by atoms with Gasteiger partial charge in [0.15, 0.2) is 0 Å². The Balaban J connectivity index is 1.31. The number of fused-ring (bicyclic) bond motifs is 1. The lowest BCUT2D eigenvalue weighted by atomic mass is 9.86. The molecule has 1 aromatic heterocycles. The maximum Gasteiger partial charge on any atom is 0.249 e. The second-order valence-corrected chi connectivity index (χ2v) is 12.7. The predicted molar refractivity (Wildman–Crippen MR) is 156 cm³/mol. The number of ether oxygens (including phenoxy) is 2. The minimum Gasteiger partial charge on any atom is -0.377 e. The lowest BCUT2D eigenvalue weighted by Crippen LogP contribution is -2.54. The van der Waals surface area contributed by atoms with E-state index in [4.69, 9.17) is 9.47 Å². The molecule has 5 rings (SSSR count). The lowest BCUT2D eigenvalue weighted by molar-refractivity contribution is -0.148. The summed E-state index contributed by atoms with van der Waals surface area (Å²) in [6.45, 7) is 7.60. The van der Waals surface area contributed by atoms with E-state index < -0.39 is 6.04 Å². The van der Waals surface area contributed by atoms with Crippen LogP contribution in [0.2, 0.25) is 0 Å². The Morgan fingerprint density at radius 3 is 2.45 bits per heavy atom. The number of hydrogen-bond donors (Lipinski definition) is 1. The molecule has 234 valence electrons. The number of piperidine rings is 1. The van der Waals surface area contributed by atoms with Crippen LogP contribution in [0.4, 0.5) is 0 Å². The Hall–Kier alpha value is -2.57.